The van der Waals surface area contributed by atoms with Crippen molar-refractivity contribution in [1.82, 2.24) is 29.4 Å². The molecule has 2 aliphatic rings. The first-order valence-corrected chi connectivity index (χ1v) is 7.94. The number of piperazine rings is 1. The maximum absolute atomic E-state index is 12.7. The predicted molar refractivity (Wildman–Crippen MR) is 80.6 cm³/mol. The van der Waals surface area contributed by atoms with Crippen molar-refractivity contribution in [3.63, 3.8) is 0 Å². The molecule has 4 heterocycles. The standard InChI is InChI=1S/C15H20N6O/c1-11-5-6-16-15-17-13(18-21(11)15)14(22)20-9-8-19-7-3-2-4-12(19)10-20/h5-6,12H,2-4,7-10H2,1H3. The highest BCUT2D eigenvalue weighted by Gasteiger charge is 2.32. The van der Waals surface area contributed by atoms with E-state index < -0.39 is 0 Å². The molecule has 4 rings (SSSR count). The van der Waals surface area contributed by atoms with E-state index in [1.165, 1.54) is 25.8 Å². The molecule has 0 aromatic carbocycles. The average Bonchev–Trinajstić information content (AvgIpc) is 2.99. The first-order valence-electron chi connectivity index (χ1n) is 7.94. The van der Waals surface area contributed by atoms with E-state index in [9.17, 15) is 4.79 Å². The maximum atomic E-state index is 12.7. The van der Waals surface area contributed by atoms with Crippen molar-refractivity contribution in [2.75, 3.05) is 26.2 Å². The predicted octanol–water partition coefficient (Wildman–Crippen LogP) is 0.743. The third-order valence-corrected chi connectivity index (χ3v) is 4.75. The molecule has 0 radical (unpaired) electrons. The van der Waals surface area contributed by atoms with Crippen LogP contribution >= 0.6 is 0 Å². The number of nitrogens with zero attached hydrogens (tertiary/aromatic N) is 6. The van der Waals surface area contributed by atoms with Gasteiger partial charge in [0.15, 0.2) is 0 Å². The minimum absolute atomic E-state index is 0.0740. The van der Waals surface area contributed by atoms with Crippen molar-refractivity contribution < 1.29 is 4.79 Å². The molecule has 7 nitrogen and oxygen atoms in total. The number of hydrogen-bond donors (Lipinski definition) is 0. The van der Waals surface area contributed by atoms with Crippen LogP contribution in [0, 0.1) is 6.92 Å². The lowest BCUT2D eigenvalue weighted by Crippen LogP contribution is -2.56. The van der Waals surface area contributed by atoms with Gasteiger partial charge in [-0.3, -0.25) is 9.69 Å². The number of carbonyl (C=O) groups excluding carboxylic acids is 1. The molecule has 0 spiro atoms. The van der Waals surface area contributed by atoms with Crippen molar-refractivity contribution >= 4 is 11.7 Å². The first kappa shape index (κ1) is 13.6. The van der Waals surface area contributed by atoms with E-state index in [0.29, 0.717) is 11.8 Å². The topological polar surface area (TPSA) is 66.6 Å². The van der Waals surface area contributed by atoms with Crippen LogP contribution in [0.25, 0.3) is 5.78 Å². The second kappa shape index (κ2) is 5.31. The van der Waals surface area contributed by atoms with Crippen molar-refractivity contribution in [1.29, 1.82) is 0 Å². The van der Waals surface area contributed by atoms with Crippen LogP contribution in [0.1, 0.15) is 35.6 Å². The average molecular weight is 300 g/mol. The van der Waals surface area contributed by atoms with E-state index in [1.807, 2.05) is 17.9 Å². The van der Waals surface area contributed by atoms with Gasteiger partial charge in [0.2, 0.25) is 5.82 Å². The third-order valence-electron chi connectivity index (χ3n) is 4.75. The number of rotatable bonds is 1. The van der Waals surface area contributed by atoms with Crippen molar-refractivity contribution in [2.24, 2.45) is 0 Å². The van der Waals surface area contributed by atoms with E-state index in [1.54, 1.807) is 10.7 Å². The van der Waals surface area contributed by atoms with Gasteiger partial charge in [-0.15, -0.1) is 5.10 Å². The molecule has 0 N–H and O–H groups in total. The Hall–Kier alpha value is -2.02. The molecule has 0 bridgehead atoms. The summed E-state index contributed by atoms with van der Waals surface area (Å²) < 4.78 is 1.63. The van der Waals surface area contributed by atoms with Gasteiger partial charge >= 0.3 is 0 Å². The number of amides is 1. The molecule has 2 aliphatic heterocycles. The van der Waals surface area contributed by atoms with Gasteiger partial charge in [-0.1, -0.05) is 6.42 Å². The zero-order valence-corrected chi connectivity index (χ0v) is 12.8. The van der Waals surface area contributed by atoms with Crippen molar-refractivity contribution in [2.45, 2.75) is 32.2 Å². The zero-order chi connectivity index (χ0) is 15.1. The van der Waals surface area contributed by atoms with E-state index in [0.717, 1.165) is 25.3 Å². The fourth-order valence-corrected chi connectivity index (χ4v) is 3.48. The number of piperidine rings is 1. The third kappa shape index (κ3) is 2.25. The van der Waals surface area contributed by atoms with Gasteiger partial charge in [0.05, 0.1) is 0 Å². The molecule has 0 aliphatic carbocycles. The van der Waals surface area contributed by atoms with E-state index in [-0.39, 0.29) is 11.7 Å². The van der Waals surface area contributed by atoms with E-state index >= 15 is 0 Å². The number of aryl methyl sites for hydroxylation is 1. The normalized spacial score (nSPS) is 22.8. The monoisotopic (exact) mass is 300 g/mol. The molecule has 2 aromatic rings. The molecule has 2 aromatic heterocycles. The summed E-state index contributed by atoms with van der Waals surface area (Å²) in [6, 6.07) is 2.36. The molecule has 116 valence electrons. The van der Waals surface area contributed by atoms with Gasteiger partial charge < -0.3 is 4.90 Å². The van der Waals surface area contributed by atoms with Crippen LogP contribution in [-0.4, -0.2) is 67.5 Å². The molecule has 2 saturated heterocycles. The largest absolute Gasteiger partial charge is 0.333 e. The van der Waals surface area contributed by atoms with Gasteiger partial charge in [0.25, 0.3) is 11.7 Å². The Labute approximate surface area is 128 Å². The Balaban J connectivity index is 1.56. The Kier molecular flexibility index (Phi) is 3.29. The zero-order valence-electron chi connectivity index (χ0n) is 12.8. The second-order valence-electron chi connectivity index (χ2n) is 6.17. The summed E-state index contributed by atoms with van der Waals surface area (Å²) in [5.41, 5.74) is 0.925. The summed E-state index contributed by atoms with van der Waals surface area (Å²) in [5.74, 6) is 0.667. The quantitative estimate of drug-likeness (QED) is 0.777. The Morgan fingerprint density at radius 2 is 2.18 bits per heavy atom. The number of hydrogen-bond acceptors (Lipinski definition) is 5. The van der Waals surface area contributed by atoms with Crippen molar-refractivity contribution in [3.05, 3.63) is 23.8 Å². The van der Waals surface area contributed by atoms with Gasteiger partial charge in [-0.2, -0.15) is 4.98 Å². The van der Waals surface area contributed by atoms with E-state index in [2.05, 4.69) is 20.0 Å². The molecule has 1 atom stereocenters. The minimum Gasteiger partial charge on any atom is -0.333 e. The Morgan fingerprint density at radius 1 is 1.27 bits per heavy atom. The number of carbonyl (C=O) groups is 1. The summed E-state index contributed by atoms with van der Waals surface area (Å²) in [6.45, 7) is 5.61. The Morgan fingerprint density at radius 3 is 3.05 bits per heavy atom. The molecule has 22 heavy (non-hydrogen) atoms. The van der Waals surface area contributed by atoms with Crippen LogP contribution in [-0.2, 0) is 0 Å². The van der Waals surface area contributed by atoms with Crippen LogP contribution < -0.4 is 0 Å². The second-order valence-corrected chi connectivity index (χ2v) is 6.17. The maximum Gasteiger partial charge on any atom is 0.293 e. The van der Waals surface area contributed by atoms with Crippen LogP contribution in [0.4, 0.5) is 0 Å². The fourth-order valence-electron chi connectivity index (χ4n) is 3.48. The Bertz CT molecular complexity index is 711. The highest BCUT2D eigenvalue weighted by atomic mass is 16.2. The molecule has 2 fully saturated rings. The molecular formula is C15H20N6O. The van der Waals surface area contributed by atoms with Crippen LogP contribution in [0.2, 0.25) is 0 Å². The van der Waals surface area contributed by atoms with E-state index in [4.69, 9.17) is 0 Å². The highest BCUT2D eigenvalue weighted by molar-refractivity contribution is 5.91. The van der Waals surface area contributed by atoms with Gasteiger partial charge in [0, 0.05) is 37.6 Å². The molecule has 7 heteroatoms. The highest BCUT2D eigenvalue weighted by Crippen LogP contribution is 2.21. The van der Waals surface area contributed by atoms with Crippen LogP contribution in [0.5, 0.6) is 0 Å². The van der Waals surface area contributed by atoms with Crippen LogP contribution in [0.15, 0.2) is 12.3 Å². The van der Waals surface area contributed by atoms with Gasteiger partial charge in [-0.25, -0.2) is 9.50 Å². The molecule has 1 amide bonds. The lowest BCUT2D eigenvalue weighted by Gasteiger charge is -2.43. The molecular weight excluding hydrogens is 280 g/mol. The first-order chi connectivity index (χ1) is 10.7. The lowest BCUT2D eigenvalue weighted by atomic mass is 9.99. The summed E-state index contributed by atoms with van der Waals surface area (Å²) in [7, 11) is 0. The smallest absolute Gasteiger partial charge is 0.293 e. The summed E-state index contributed by atoms with van der Waals surface area (Å²) in [6.07, 6.45) is 5.42. The lowest BCUT2D eigenvalue weighted by molar-refractivity contribution is 0.0364. The van der Waals surface area contributed by atoms with Gasteiger partial charge in [0.1, 0.15) is 0 Å². The molecule has 0 saturated carbocycles. The minimum atomic E-state index is -0.0740. The fraction of sp³-hybridized carbons (Fsp3) is 0.600. The number of aromatic nitrogens is 4. The number of fused-ring (bicyclic) bond motifs is 2. The summed E-state index contributed by atoms with van der Waals surface area (Å²) in [5, 5.41) is 4.33. The summed E-state index contributed by atoms with van der Waals surface area (Å²) in [4.78, 5) is 25.6. The molecule has 1 unspecified atom stereocenters. The van der Waals surface area contributed by atoms with Gasteiger partial charge in [-0.05, 0) is 32.4 Å². The summed E-state index contributed by atoms with van der Waals surface area (Å²) >= 11 is 0. The SMILES string of the molecule is Cc1ccnc2nc(C(=O)N3CCN4CCCCC4C3)nn12. The van der Waals surface area contributed by atoms with Crippen molar-refractivity contribution in [3.8, 4) is 0 Å². The van der Waals surface area contributed by atoms with Crippen LogP contribution in [0.3, 0.4) is 0 Å².